The van der Waals surface area contributed by atoms with Crippen molar-refractivity contribution in [2.24, 2.45) is 0 Å². The second-order valence-electron chi connectivity index (χ2n) is 6.02. The van der Waals surface area contributed by atoms with Crippen LogP contribution in [0.5, 0.6) is 0 Å². The molecule has 2 aliphatic rings. The van der Waals surface area contributed by atoms with E-state index in [1.165, 1.54) is 51.4 Å². The van der Waals surface area contributed by atoms with Crippen molar-refractivity contribution in [2.45, 2.75) is 68.6 Å². The van der Waals surface area contributed by atoms with Gasteiger partial charge in [0.05, 0.1) is 6.04 Å². The standard InChI is InChI=1S/C15H28N2OS/c1-19-15(9-5-3-6-10-15)12-17-14(18)13-8-4-2-7-11-16-13/h13,16H,2-12H2,1H3,(H,17,18). The molecule has 2 rings (SSSR count). The predicted octanol–water partition coefficient (Wildman–Crippen LogP) is 2.70. The second kappa shape index (κ2) is 7.53. The molecule has 1 aliphatic carbocycles. The van der Waals surface area contributed by atoms with Crippen molar-refractivity contribution >= 4 is 17.7 Å². The molecule has 1 heterocycles. The van der Waals surface area contributed by atoms with Gasteiger partial charge in [-0.05, 0) is 38.5 Å². The van der Waals surface area contributed by atoms with Crippen molar-refractivity contribution in [3.63, 3.8) is 0 Å². The van der Waals surface area contributed by atoms with Gasteiger partial charge in [0.1, 0.15) is 0 Å². The molecule has 2 fully saturated rings. The molecule has 0 aromatic carbocycles. The number of carbonyl (C=O) groups excluding carboxylic acids is 1. The van der Waals surface area contributed by atoms with Crippen LogP contribution in [0.15, 0.2) is 0 Å². The lowest BCUT2D eigenvalue weighted by Gasteiger charge is -2.36. The average molecular weight is 284 g/mol. The molecule has 110 valence electrons. The van der Waals surface area contributed by atoms with E-state index in [1.54, 1.807) is 0 Å². The predicted molar refractivity (Wildman–Crippen MR) is 82.6 cm³/mol. The summed E-state index contributed by atoms with van der Waals surface area (Å²) in [6.07, 6.45) is 13.3. The Bertz CT molecular complexity index is 282. The highest BCUT2D eigenvalue weighted by atomic mass is 32.2. The van der Waals surface area contributed by atoms with E-state index in [-0.39, 0.29) is 11.9 Å². The lowest BCUT2D eigenvalue weighted by atomic mass is 9.88. The monoisotopic (exact) mass is 284 g/mol. The quantitative estimate of drug-likeness (QED) is 0.834. The first kappa shape index (κ1) is 15.2. The Labute approximate surface area is 121 Å². The number of thioether (sulfide) groups is 1. The molecule has 1 amide bonds. The molecule has 1 unspecified atom stereocenters. The van der Waals surface area contributed by atoms with Gasteiger partial charge in [0.15, 0.2) is 0 Å². The van der Waals surface area contributed by atoms with Gasteiger partial charge in [0.25, 0.3) is 0 Å². The Hall–Kier alpha value is -0.220. The summed E-state index contributed by atoms with van der Waals surface area (Å²) < 4.78 is 0.304. The van der Waals surface area contributed by atoms with Crippen molar-refractivity contribution < 1.29 is 4.79 Å². The first-order chi connectivity index (χ1) is 9.26. The second-order valence-corrected chi connectivity index (χ2v) is 7.30. The van der Waals surface area contributed by atoms with Gasteiger partial charge in [-0.2, -0.15) is 11.8 Å². The summed E-state index contributed by atoms with van der Waals surface area (Å²) in [4.78, 5) is 12.3. The van der Waals surface area contributed by atoms with E-state index < -0.39 is 0 Å². The van der Waals surface area contributed by atoms with Gasteiger partial charge in [-0.3, -0.25) is 4.79 Å². The minimum Gasteiger partial charge on any atom is -0.353 e. The fourth-order valence-corrected chi connectivity index (χ4v) is 4.19. The first-order valence-corrected chi connectivity index (χ1v) is 9.04. The topological polar surface area (TPSA) is 41.1 Å². The summed E-state index contributed by atoms with van der Waals surface area (Å²) in [5.41, 5.74) is 0. The largest absolute Gasteiger partial charge is 0.353 e. The maximum atomic E-state index is 12.3. The third-order valence-corrected chi connectivity index (χ3v) is 6.08. The number of rotatable bonds is 4. The van der Waals surface area contributed by atoms with Crippen LogP contribution >= 0.6 is 11.8 Å². The lowest BCUT2D eigenvalue weighted by molar-refractivity contribution is -0.123. The Balaban J connectivity index is 1.80. The SMILES string of the molecule is CSC1(CNC(=O)C2CCCCCN2)CCCCC1. The summed E-state index contributed by atoms with van der Waals surface area (Å²) in [5.74, 6) is 0.223. The maximum absolute atomic E-state index is 12.3. The van der Waals surface area contributed by atoms with Crippen LogP contribution in [0.25, 0.3) is 0 Å². The fourth-order valence-electron chi connectivity index (χ4n) is 3.27. The zero-order valence-corrected chi connectivity index (χ0v) is 13.0. The Morgan fingerprint density at radius 2 is 1.95 bits per heavy atom. The van der Waals surface area contributed by atoms with Crippen LogP contribution in [0.4, 0.5) is 0 Å². The summed E-state index contributed by atoms with van der Waals surface area (Å²) >= 11 is 1.95. The third-order valence-electron chi connectivity index (χ3n) is 4.66. The zero-order chi connectivity index (χ0) is 13.6. The Kier molecular flexibility index (Phi) is 6.02. The third kappa shape index (κ3) is 4.38. The molecule has 1 saturated carbocycles. The number of hydrogen-bond donors (Lipinski definition) is 2. The summed E-state index contributed by atoms with van der Waals surface area (Å²) in [7, 11) is 0. The highest BCUT2D eigenvalue weighted by molar-refractivity contribution is 8.00. The van der Waals surface area contributed by atoms with Crippen molar-refractivity contribution in [2.75, 3.05) is 19.3 Å². The van der Waals surface area contributed by atoms with Crippen molar-refractivity contribution in [3.8, 4) is 0 Å². The van der Waals surface area contributed by atoms with Gasteiger partial charge in [-0.1, -0.05) is 32.1 Å². The molecular formula is C15H28N2OS. The highest BCUT2D eigenvalue weighted by Gasteiger charge is 2.32. The van der Waals surface area contributed by atoms with E-state index in [2.05, 4.69) is 16.9 Å². The average Bonchev–Trinajstić information content (AvgIpc) is 2.75. The maximum Gasteiger partial charge on any atom is 0.237 e. The van der Waals surface area contributed by atoms with Crippen molar-refractivity contribution in [3.05, 3.63) is 0 Å². The number of nitrogens with one attached hydrogen (secondary N) is 2. The van der Waals surface area contributed by atoms with Gasteiger partial charge in [-0.15, -0.1) is 0 Å². The van der Waals surface area contributed by atoms with Gasteiger partial charge in [0, 0.05) is 11.3 Å². The normalized spacial score (nSPS) is 27.5. The molecule has 2 N–H and O–H groups in total. The van der Waals surface area contributed by atoms with Crippen LogP contribution in [0.3, 0.4) is 0 Å². The molecule has 19 heavy (non-hydrogen) atoms. The van der Waals surface area contributed by atoms with Gasteiger partial charge in [-0.25, -0.2) is 0 Å². The summed E-state index contributed by atoms with van der Waals surface area (Å²) in [5, 5.41) is 6.60. The van der Waals surface area contributed by atoms with Crippen molar-refractivity contribution in [1.82, 2.24) is 10.6 Å². The molecule has 0 aromatic rings. The minimum atomic E-state index is 0.0463. The fraction of sp³-hybridized carbons (Fsp3) is 0.933. The zero-order valence-electron chi connectivity index (χ0n) is 12.2. The summed E-state index contributed by atoms with van der Waals surface area (Å²) in [6.45, 7) is 1.84. The van der Waals surface area contributed by atoms with E-state index >= 15 is 0 Å². The van der Waals surface area contributed by atoms with Gasteiger partial charge < -0.3 is 10.6 Å². The van der Waals surface area contributed by atoms with E-state index in [1.807, 2.05) is 11.8 Å². The molecular weight excluding hydrogens is 256 g/mol. The Morgan fingerprint density at radius 3 is 2.68 bits per heavy atom. The molecule has 1 atom stereocenters. The van der Waals surface area contributed by atoms with Crippen LogP contribution in [-0.4, -0.2) is 36.0 Å². The van der Waals surface area contributed by atoms with Crippen LogP contribution in [0.2, 0.25) is 0 Å². The molecule has 1 aliphatic heterocycles. The minimum absolute atomic E-state index is 0.0463. The molecule has 1 saturated heterocycles. The molecule has 3 nitrogen and oxygen atoms in total. The lowest BCUT2D eigenvalue weighted by Crippen LogP contribution is -2.49. The van der Waals surface area contributed by atoms with Crippen LogP contribution in [-0.2, 0) is 4.79 Å². The van der Waals surface area contributed by atoms with E-state index in [4.69, 9.17) is 0 Å². The molecule has 0 aromatic heterocycles. The number of hydrogen-bond acceptors (Lipinski definition) is 3. The van der Waals surface area contributed by atoms with Crippen LogP contribution < -0.4 is 10.6 Å². The Morgan fingerprint density at radius 1 is 1.21 bits per heavy atom. The molecule has 0 radical (unpaired) electrons. The van der Waals surface area contributed by atoms with Crippen LogP contribution in [0, 0.1) is 0 Å². The van der Waals surface area contributed by atoms with Gasteiger partial charge in [0.2, 0.25) is 5.91 Å². The number of carbonyl (C=O) groups is 1. The highest BCUT2D eigenvalue weighted by Crippen LogP contribution is 2.37. The van der Waals surface area contributed by atoms with Gasteiger partial charge >= 0.3 is 0 Å². The van der Waals surface area contributed by atoms with E-state index in [0.717, 1.165) is 19.5 Å². The van der Waals surface area contributed by atoms with E-state index in [0.29, 0.717) is 4.75 Å². The summed E-state index contributed by atoms with van der Waals surface area (Å²) in [6, 6.07) is 0.0463. The smallest absolute Gasteiger partial charge is 0.237 e. The number of amides is 1. The molecule has 0 spiro atoms. The van der Waals surface area contributed by atoms with E-state index in [9.17, 15) is 4.79 Å². The van der Waals surface area contributed by atoms with Crippen molar-refractivity contribution in [1.29, 1.82) is 0 Å². The molecule has 0 bridgehead atoms. The first-order valence-electron chi connectivity index (χ1n) is 7.82. The van der Waals surface area contributed by atoms with Crippen LogP contribution in [0.1, 0.15) is 57.8 Å². The molecule has 4 heteroatoms.